The Hall–Kier alpha value is -1.04. The third kappa shape index (κ3) is 8.19. The highest BCUT2D eigenvalue weighted by Gasteiger charge is 1.98. The maximum atomic E-state index is 4.20. The zero-order valence-electron chi connectivity index (χ0n) is 13.5. The molecule has 0 saturated heterocycles. The second-order valence-electron chi connectivity index (χ2n) is 6.38. The minimum Gasteiger partial charge on any atom is -0.0952 e. The van der Waals surface area contributed by atoms with Crippen LogP contribution in [0.1, 0.15) is 77.2 Å². The first-order valence-corrected chi connectivity index (χ1v) is 8.43. The van der Waals surface area contributed by atoms with Crippen molar-refractivity contribution in [2.45, 2.75) is 71.6 Å². The maximum Gasteiger partial charge on any atom is -0.0230 e. The van der Waals surface area contributed by atoms with E-state index in [0.717, 1.165) is 12.3 Å². The lowest BCUT2D eigenvalue weighted by atomic mass is 10.00. The Morgan fingerprint density at radius 2 is 1.40 bits per heavy atom. The molecule has 0 aliphatic heterocycles. The maximum absolute atomic E-state index is 4.20. The molecule has 0 heteroatoms. The highest BCUT2D eigenvalue weighted by atomic mass is 14.0. The summed E-state index contributed by atoms with van der Waals surface area (Å²) in [5, 5.41) is 0. The molecule has 0 bridgehead atoms. The van der Waals surface area contributed by atoms with Crippen LogP contribution in [-0.4, -0.2) is 0 Å². The number of rotatable bonds is 11. The van der Waals surface area contributed by atoms with Gasteiger partial charge in [-0.25, -0.2) is 0 Å². The molecule has 0 saturated carbocycles. The first-order valence-electron chi connectivity index (χ1n) is 8.43. The molecule has 0 heterocycles. The predicted octanol–water partition coefficient (Wildman–Crippen LogP) is 6.87. The zero-order valence-corrected chi connectivity index (χ0v) is 13.5. The Morgan fingerprint density at radius 1 is 0.850 bits per heavy atom. The third-order valence-corrected chi connectivity index (χ3v) is 3.94. The lowest BCUT2D eigenvalue weighted by molar-refractivity contribution is 0.510. The zero-order chi connectivity index (χ0) is 14.6. The number of unbranched alkanes of at least 4 members (excludes halogenated alkanes) is 6. The molecular weight excluding hydrogens is 240 g/mol. The molecule has 0 aromatic heterocycles. The largest absolute Gasteiger partial charge is 0.0952 e. The van der Waals surface area contributed by atoms with Crippen LogP contribution in [0.3, 0.4) is 0 Å². The van der Waals surface area contributed by atoms with Gasteiger partial charge in [-0.05, 0) is 29.9 Å². The lowest BCUT2D eigenvalue weighted by Crippen LogP contribution is -1.87. The van der Waals surface area contributed by atoms with Gasteiger partial charge in [0.05, 0.1) is 0 Å². The molecule has 0 aliphatic rings. The number of hydrogen-bond donors (Lipinski definition) is 0. The Balaban J connectivity index is 1.94. The van der Waals surface area contributed by atoms with Gasteiger partial charge in [-0.15, -0.1) is 0 Å². The van der Waals surface area contributed by atoms with E-state index in [1.807, 2.05) is 0 Å². The van der Waals surface area contributed by atoms with Gasteiger partial charge < -0.3 is 0 Å². The fourth-order valence-corrected chi connectivity index (χ4v) is 2.59. The lowest BCUT2D eigenvalue weighted by Gasteiger charge is -2.06. The van der Waals surface area contributed by atoms with Crippen molar-refractivity contribution in [2.24, 2.45) is 5.92 Å². The van der Waals surface area contributed by atoms with Gasteiger partial charge in [0, 0.05) is 0 Å². The summed E-state index contributed by atoms with van der Waals surface area (Å²) in [4.78, 5) is 0. The van der Waals surface area contributed by atoms with Gasteiger partial charge in [-0.2, -0.15) is 0 Å². The van der Waals surface area contributed by atoms with E-state index in [1.54, 1.807) is 0 Å². The molecule has 0 spiro atoms. The Labute approximate surface area is 126 Å². The Kier molecular flexibility index (Phi) is 9.11. The summed E-state index contributed by atoms with van der Waals surface area (Å²) >= 11 is 0. The van der Waals surface area contributed by atoms with Crippen molar-refractivity contribution in [3.63, 3.8) is 0 Å². The molecule has 0 nitrogen and oxygen atoms in total. The summed E-state index contributed by atoms with van der Waals surface area (Å²) in [6.07, 6.45) is 12.3. The minimum atomic E-state index is 0.874. The van der Waals surface area contributed by atoms with E-state index in [2.05, 4.69) is 50.8 Å². The van der Waals surface area contributed by atoms with Gasteiger partial charge >= 0.3 is 0 Å². The number of benzene rings is 1. The van der Waals surface area contributed by atoms with Gasteiger partial charge in [-0.1, -0.05) is 95.7 Å². The molecule has 0 N–H and O–H groups in total. The van der Waals surface area contributed by atoms with Crippen LogP contribution in [0.4, 0.5) is 0 Å². The highest BCUT2D eigenvalue weighted by molar-refractivity contribution is 5.62. The normalized spacial score (nSPS) is 10.9. The molecule has 1 aromatic carbocycles. The van der Waals surface area contributed by atoms with Crippen LogP contribution in [0, 0.1) is 5.92 Å². The standard InChI is InChI=1S/C20H32/c1-18(2)14-10-7-5-4-6-8-11-15-19(3)20-16-12-9-13-17-20/h9,12-13,16-18H,3-8,10-11,14-15H2,1-2H3. The van der Waals surface area contributed by atoms with E-state index >= 15 is 0 Å². The van der Waals surface area contributed by atoms with Crippen LogP contribution in [-0.2, 0) is 0 Å². The first kappa shape index (κ1) is 17.0. The van der Waals surface area contributed by atoms with Crippen molar-refractivity contribution >= 4 is 5.57 Å². The molecule has 0 amide bonds. The highest BCUT2D eigenvalue weighted by Crippen LogP contribution is 2.19. The molecule has 1 aromatic rings. The second kappa shape index (κ2) is 10.7. The first-order chi connectivity index (χ1) is 9.70. The fraction of sp³-hybridized carbons (Fsp3) is 0.600. The summed E-state index contributed by atoms with van der Waals surface area (Å²) in [6.45, 7) is 8.84. The van der Waals surface area contributed by atoms with E-state index in [1.165, 1.54) is 62.5 Å². The summed E-state index contributed by atoms with van der Waals surface area (Å²) in [5.74, 6) is 0.874. The van der Waals surface area contributed by atoms with E-state index in [4.69, 9.17) is 0 Å². The van der Waals surface area contributed by atoms with E-state index < -0.39 is 0 Å². The fourth-order valence-electron chi connectivity index (χ4n) is 2.59. The van der Waals surface area contributed by atoms with Gasteiger partial charge in [0.25, 0.3) is 0 Å². The van der Waals surface area contributed by atoms with E-state index in [0.29, 0.717) is 0 Å². The van der Waals surface area contributed by atoms with Crippen LogP contribution in [0.2, 0.25) is 0 Å². The molecule has 112 valence electrons. The summed E-state index contributed by atoms with van der Waals surface area (Å²) in [5.41, 5.74) is 2.60. The monoisotopic (exact) mass is 272 g/mol. The van der Waals surface area contributed by atoms with Crippen LogP contribution >= 0.6 is 0 Å². The molecule has 0 fully saturated rings. The molecular formula is C20H32. The van der Waals surface area contributed by atoms with Crippen LogP contribution in [0.25, 0.3) is 5.57 Å². The van der Waals surface area contributed by atoms with Crippen molar-refractivity contribution in [1.82, 2.24) is 0 Å². The smallest absolute Gasteiger partial charge is 0.0230 e. The number of allylic oxidation sites excluding steroid dienone is 1. The molecule has 1 rings (SSSR count). The SMILES string of the molecule is C=C(CCCCCCCCCC(C)C)c1ccccc1. The molecule has 0 radical (unpaired) electrons. The van der Waals surface area contributed by atoms with Crippen molar-refractivity contribution in [1.29, 1.82) is 0 Å². The van der Waals surface area contributed by atoms with Gasteiger partial charge in [0.1, 0.15) is 0 Å². The third-order valence-electron chi connectivity index (χ3n) is 3.94. The molecule has 0 aliphatic carbocycles. The molecule has 0 atom stereocenters. The van der Waals surface area contributed by atoms with E-state index in [9.17, 15) is 0 Å². The number of hydrogen-bond acceptors (Lipinski definition) is 0. The van der Waals surface area contributed by atoms with Gasteiger partial charge in [0.2, 0.25) is 0 Å². The predicted molar refractivity (Wildman–Crippen MR) is 91.9 cm³/mol. The summed E-state index contributed by atoms with van der Waals surface area (Å²) < 4.78 is 0. The van der Waals surface area contributed by atoms with Crippen molar-refractivity contribution < 1.29 is 0 Å². The van der Waals surface area contributed by atoms with Gasteiger partial charge in [-0.3, -0.25) is 0 Å². The van der Waals surface area contributed by atoms with E-state index in [-0.39, 0.29) is 0 Å². The average molecular weight is 272 g/mol. The van der Waals surface area contributed by atoms with Crippen LogP contribution in [0.5, 0.6) is 0 Å². The van der Waals surface area contributed by atoms with Crippen molar-refractivity contribution in [3.05, 3.63) is 42.5 Å². The van der Waals surface area contributed by atoms with Crippen molar-refractivity contribution in [2.75, 3.05) is 0 Å². The summed E-state index contributed by atoms with van der Waals surface area (Å²) in [6, 6.07) is 10.6. The Morgan fingerprint density at radius 3 is 2.00 bits per heavy atom. The Bertz CT molecular complexity index is 348. The quantitative estimate of drug-likeness (QED) is 0.386. The molecule has 20 heavy (non-hydrogen) atoms. The van der Waals surface area contributed by atoms with Crippen LogP contribution in [0.15, 0.2) is 36.9 Å². The molecule has 0 unspecified atom stereocenters. The second-order valence-corrected chi connectivity index (χ2v) is 6.38. The average Bonchev–Trinajstić information content (AvgIpc) is 2.46. The minimum absolute atomic E-state index is 0.874. The van der Waals surface area contributed by atoms with Gasteiger partial charge in [0.15, 0.2) is 0 Å². The topological polar surface area (TPSA) is 0 Å². The van der Waals surface area contributed by atoms with Crippen molar-refractivity contribution in [3.8, 4) is 0 Å². The summed E-state index contributed by atoms with van der Waals surface area (Å²) in [7, 11) is 0. The van der Waals surface area contributed by atoms with Crippen LogP contribution < -0.4 is 0 Å².